The fraction of sp³-hybridized carbons (Fsp3) is 0.594. The lowest BCUT2D eigenvalue weighted by atomic mass is 9.67. The molecule has 188 valence electrons. The molecule has 1 aliphatic carbocycles. The van der Waals surface area contributed by atoms with Gasteiger partial charge in [-0.1, -0.05) is 94.5 Å². The van der Waals surface area contributed by atoms with Gasteiger partial charge in [0.1, 0.15) is 0 Å². The van der Waals surface area contributed by atoms with Crippen LogP contribution in [-0.2, 0) is 9.47 Å². The van der Waals surface area contributed by atoms with Gasteiger partial charge in [-0.15, -0.1) is 0 Å². The van der Waals surface area contributed by atoms with E-state index in [0.29, 0.717) is 11.8 Å². The number of unbranched alkanes of at least 4 members (excludes halogenated alkanes) is 3. The van der Waals surface area contributed by atoms with Crippen LogP contribution in [0.15, 0.2) is 48.5 Å². The molecule has 2 fully saturated rings. The van der Waals surface area contributed by atoms with E-state index in [1.165, 1.54) is 55.2 Å². The number of hydrogen-bond acceptors (Lipinski definition) is 3. The number of hydrogen-bond donors (Lipinski definition) is 0. The van der Waals surface area contributed by atoms with E-state index in [0.717, 1.165) is 50.9 Å². The molecule has 1 heterocycles. The van der Waals surface area contributed by atoms with Crippen molar-refractivity contribution in [2.24, 2.45) is 11.3 Å². The van der Waals surface area contributed by atoms with Crippen molar-refractivity contribution in [2.75, 3.05) is 13.2 Å². The second-order valence-corrected chi connectivity index (χ2v) is 10.9. The zero-order chi connectivity index (χ0) is 24.5. The summed E-state index contributed by atoms with van der Waals surface area (Å²) in [6.45, 7) is 6.05. The Balaban J connectivity index is 1.30. The van der Waals surface area contributed by atoms with E-state index in [4.69, 9.17) is 9.47 Å². The molecule has 2 aromatic rings. The molecule has 1 saturated heterocycles. The highest BCUT2D eigenvalue weighted by Crippen LogP contribution is 2.45. The zero-order valence-electron chi connectivity index (χ0n) is 21.8. The lowest BCUT2D eigenvalue weighted by molar-refractivity contribution is -0.206. The first-order chi connectivity index (χ1) is 17.2. The van der Waals surface area contributed by atoms with Crippen LogP contribution in [0.2, 0.25) is 0 Å². The van der Waals surface area contributed by atoms with E-state index in [1.807, 2.05) is 0 Å². The molecule has 4 rings (SSSR count). The molecule has 0 unspecified atom stereocenters. The smallest absolute Gasteiger partial charge is 0.183 e. The van der Waals surface area contributed by atoms with Gasteiger partial charge < -0.3 is 9.47 Å². The van der Waals surface area contributed by atoms with Crippen LogP contribution in [0.5, 0.6) is 0 Å². The van der Waals surface area contributed by atoms with Crippen molar-refractivity contribution in [2.45, 2.75) is 96.7 Å². The SMILES string of the molecule is CCCCCC1(C#N)CCC(c2ccc(-c3ccc(C4OCC(CCCC)CO4)cc3)cc2)CC1. The van der Waals surface area contributed by atoms with Gasteiger partial charge in [-0.05, 0) is 61.1 Å². The fourth-order valence-electron chi connectivity index (χ4n) is 5.81. The number of ether oxygens (including phenoxy) is 2. The maximum absolute atomic E-state index is 9.84. The van der Waals surface area contributed by atoms with Crippen molar-refractivity contribution < 1.29 is 9.47 Å². The van der Waals surface area contributed by atoms with Gasteiger partial charge in [0.2, 0.25) is 0 Å². The lowest BCUT2D eigenvalue weighted by Crippen LogP contribution is -2.27. The van der Waals surface area contributed by atoms with Crippen molar-refractivity contribution in [3.63, 3.8) is 0 Å². The van der Waals surface area contributed by atoms with E-state index >= 15 is 0 Å². The molecule has 0 N–H and O–H groups in total. The summed E-state index contributed by atoms with van der Waals surface area (Å²) in [4.78, 5) is 0. The van der Waals surface area contributed by atoms with Gasteiger partial charge >= 0.3 is 0 Å². The Labute approximate surface area is 212 Å². The second kappa shape index (κ2) is 12.7. The quantitative estimate of drug-likeness (QED) is 0.323. The summed E-state index contributed by atoms with van der Waals surface area (Å²) >= 11 is 0. The Bertz CT molecular complexity index is 927. The molecule has 0 radical (unpaired) electrons. The minimum atomic E-state index is -0.238. The van der Waals surface area contributed by atoms with Gasteiger partial charge in [0, 0.05) is 11.5 Å². The van der Waals surface area contributed by atoms with Crippen LogP contribution in [0.3, 0.4) is 0 Å². The highest BCUT2D eigenvalue weighted by Gasteiger charge is 2.35. The first kappa shape index (κ1) is 25.9. The predicted octanol–water partition coefficient (Wildman–Crippen LogP) is 8.95. The molecule has 1 saturated carbocycles. The first-order valence-electron chi connectivity index (χ1n) is 14.0. The molecule has 35 heavy (non-hydrogen) atoms. The topological polar surface area (TPSA) is 42.2 Å². The van der Waals surface area contributed by atoms with Crippen molar-refractivity contribution in [1.29, 1.82) is 5.26 Å². The second-order valence-electron chi connectivity index (χ2n) is 10.9. The molecule has 3 nitrogen and oxygen atoms in total. The molecule has 2 aliphatic rings. The van der Waals surface area contributed by atoms with Gasteiger partial charge in [-0.3, -0.25) is 0 Å². The maximum atomic E-state index is 9.84. The predicted molar refractivity (Wildman–Crippen MR) is 143 cm³/mol. The van der Waals surface area contributed by atoms with Crippen LogP contribution >= 0.6 is 0 Å². The first-order valence-corrected chi connectivity index (χ1v) is 14.0. The molecule has 3 heteroatoms. The largest absolute Gasteiger partial charge is 0.348 e. The summed E-state index contributed by atoms with van der Waals surface area (Å²) in [6, 6.07) is 20.4. The lowest BCUT2D eigenvalue weighted by Gasteiger charge is -2.35. The minimum absolute atomic E-state index is 0.0739. The summed E-state index contributed by atoms with van der Waals surface area (Å²) in [5, 5.41) is 9.84. The van der Waals surface area contributed by atoms with Crippen LogP contribution in [0.1, 0.15) is 108 Å². The van der Waals surface area contributed by atoms with Crippen LogP contribution in [0.25, 0.3) is 11.1 Å². The fourth-order valence-corrected chi connectivity index (χ4v) is 5.81. The standard InChI is InChI=1S/C32H43NO2/c1-3-5-7-19-32(24-33)20-17-29(18-21-32)28-11-9-26(10-12-28)27-13-15-30(16-14-27)31-34-22-25(23-35-31)8-6-4-2/h9-16,25,29,31H,3-8,17-23H2,1-2H3. The molecule has 0 aromatic heterocycles. The van der Waals surface area contributed by atoms with Crippen LogP contribution in [0, 0.1) is 22.7 Å². The molecule has 0 amide bonds. The number of nitrogens with zero attached hydrogens (tertiary/aromatic N) is 1. The van der Waals surface area contributed by atoms with Crippen molar-refractivity contribution in [3.05, 3.63) is 59.7 Å². The minimum Gasteiger partial charge on any atom is -0.348 e. The Kier molecular flexibility index (Phi) is 9.41. The summed E-state index contributed by atoms with van der Waals surface area (Å²) in [5.41, 5.74) is 4.91. The van der Waals surface area contributed by atoms with Gasteiger partial charge in [-0.2, -0.15) is 5.26 Å². The van der Waals surface area contributed by atoms with Gasteiger partial charge in [0.15, 0.2) is 6.29 Å². The molecular weight excluding hydrogens is 430 g/mol. The van der Waals surface area contributed by atoms with Gasteiger partial charge in [-0.25, -0.2) is 0 Å². The normalized spacial score (nSPS) is 26.8. The van der Waals surface area contributed by atoms with Crippen molar-refractivity contribution in [1.82, 2.24) is 0 Å². The number of benzene rings is 2. The zero-order valence-corrected chi connectivity index (χ0v) is 21.8. The Hall–Kier alpha value is -2.15. The Morgan fingerprint density at radius 1 is 0.800 bits per heavy atom. The average Bonchev–Trinajstić information content (AvgIpc) is 2.93. The summed E-state index contributed by atoms with van der Waals surface area (Å²) in [5.74, 6) is 1.12. The Morgan fingerprint density at radius 2 is 1.37 bits per heavy atom. The number of rotatable bonds is 10. The van der Waals surface area contributed by atoms with E-state index in [-0.39, 0.29) is 11.7 Å². The van der Waals surface area contributed by atoms with Gasteiger partial charge in [0.25, 0.3) is 0 Å². The Morgan fingerprint density at radius 3 is 1.91 bits per heavy atom. The van der Waals surface area contributed by atoms with E-state index in [1.54, 1.807) is 0 Å². The van der Waals surface area contributed by atoms with E-state index in [9.17, 15) is 5.26 Å². The third kappa shape index (κ3) is 6.75. The third-order valence-electron chi connectivity index (χ3n) is 8.27. The average molecular weight is 474 g/mol. The highest BCUT2D eigenvalue weighted by molar-refractivity contribution is 5.64. The van der Waals surface area contributed by atoms with Crippen LogP contribution in [0.4, 0.5) is 0 Å². The van der Waals surface area contributed by atoms with E-state index < -0.39 is 0 Å². The molecule has 0 atom stereocenters. The van der Waals surface area contributed by atoms with Crippen molar-refractivity contribution >= 4 is 0 Å². The van der Waals surface area contributed by atoms with Crippen molar-refractivity contribution in [3.8, 4) is 17.2 Å². The molecule has 2 aromatic carbocycles. The van der Waals surface area contributed by atoms with Crippen LogP contribution < -0.4 is 0 Å². The van der Waals surface area contributed by atoms with Crippen LogP contribution in [-0.4, -0.2) is 13.2 Å². The third-order valence-corrected chi connectivity index (χ3v) is 8.27. The molecule has 0 bridgehead atoms. The monoisotopic (exact) mass is 473 g/mol. The summed E-state index contributed by atoms with van der Waals surface area (Å²) in [6.07, 6.45) is 12.5. The summed E-state index contributed by atoms with van der Waals surface area (Å²) in [7, 11) is 0. The van der Waals surface area contributed by atoms with Gasteiger partial charge in [0.05, 0.1) is 24.7 Å². The van der Waals surface area contributed by atoms with E-state index in [2.05, 4.69) is 68.4 Å². The molecule has 0 spiro atoms. The number of nitriles is 1. The molecular formula is C32H43NO2. The summed E-state index contributed by atoms with van der Waals surface area (Å²) < 4.78 is 12.0. The highest BCUT2D eigenvalue weighted by atomic mass is 16.7. The maximum Gasteiger partial charge on any atom is 0.183 e. The molecule has 1 aliphatic heterocycles.